The van der Waals surface area contributed by atoms with Crippen LogP contribution in [0.3, 0.4) is 0 Å². The lowest BCUT2D eigenvalue weighted by molar-refractivity contribution is 0.669. The van der Waals surface area contributed by atoms with Crippen LogP contribution in [0.4, 0.5) is 17.1 Å². The third-order valence-corrected chi connectivity index (χ3v) is 9.60. The molecule has 0 radical (unpaired) electrons. The number of rotatable bonds is 4. The van der Waals surface area contributed by atoms with E-state index in [-0.39, 0.29) is 0 Å². The van der Waals surface area contributed by atoms with E-state index in [4.69, 9.17) is 4.42 Å². The SMILES string of the molecule is c1ccc(N(c2ccc(-c3cccc4cc5oc6ccccc6c5cc34)cc2)c2ccc3sc4ccccc4c3c2)cc1. The molecule has 0 aliphatic carbocycles. The number of para-hydroxylation sites is 2. The average Bonchev–Trinajstić information content (AvgIpc) is 3.62. The first-order chi connectivity index (χ1) is 21.3. The lowest BCUT2D eigenvalue weighted by Gasteiger charge is -2.26. The van der Waals surface area contributed by atoms with E-state index in [0.717, 1.165) is 39.0 Å². The van der Waals surface area contributed by atoms with Gasteiger partial charge in [-0.3, -0.25) is 0 Å². The Hall–Kier alpha value is -5.38. The summed E-state index contributed by atoms with van der Waals surface area (Å²) in [4.78, 5) is 2.35. The second kappa shape index (κ2) is 9.59. The second-order valence-electron chi connectivity index (χ2n) is 11.0. The summed E-state index contributed by atoms with van der Waals surface area (Å²) in [6.07, 6.45) is 0. The zero-order valence-corrected chi connectivity index (χ0v) is 24.0. The minimum absolute atomic E-state index is 0.924. The van der Waals surface area contributed by atoms with Crippen molar-refractivity contribution in [2.24, 2.45) is 0 Å². The Morgan fingerprint density at radius 3 is 2.02 bits per heavy atom. The van der Waals surface area contributed by atoms with E-state index < -0.39 is 0 Å². The normalized spacial score (nSPS) is 11.7. The van der Waals surface area contributed by atoms with Gasteiger partial charge in [-0.15, -0.1) is 11.3 Å². The molecular weight excluding hydrogens is 543 g/mol. The number of anilines is 3. The number of thiophene rings is 1. The zero-order chi connectivity index (χ0) is 28.3. The minimum atomic E-state index is 0.924. The molecule has 0 saturated carbocycles. The first-order valence-corrected chi connectivity index (χ1v) is 15.3. The van der Waals surface area contributed by atoms with Gasteiger partial charge in [0, 0.05) is 48.0 Å². The maximum Gasteiger partial charge on any atom is 0.136 e. The van der Waals surface area contributed by atoms with Gasteiger partial charge in [0.15, 0.2) is 0 Å². The highest BCUT2D eigenvalue weighted by Crippen LogP contribution is 2.42. The molecule has 0 spiro atoms. The molecule has 43 heavy (non-hydrogen) atoms. The molecule has 0 fully saturated rings. The van der Waals surface area contributed by atoms with Crippen LogP contribution >= 0.6 is 11.3 Å². The van der Waals surface area contributed by atoms with Crippen molar-refractivity contribution in [3.05, 3.63) is 152 Å². The Morgan fingerprint density at radius 2 is 1.14 bits per heavy atom. The van der Waals surface area contributed by atoms with Crippen LogP contribution in [0.5, 0.6) is 0 Å². The smallest absolute Gasteiger partial charge is 0.136 e. The fourth-order valence-electron chi connectivity index (χ4n) is 6.42. The maximum atomic E-state index is 6.17. The summed E-state index contributed by atoms with van der Waals surface area (Å²) < 4.78 is 8.80. The van der Waals surface area contributed by atoms with Crippen molar-refractivity contribution < 1.29 is 4.42 Å². The van der Waals surface area contributed by atoms with Gasteiger partial charge in [-0.05, 0) is 88.6 Å². The van der Waals surface area contributed by atoms with Gasteiger partial charge >= 0.3 is 0 Å². The topological polar surface area (TPSA) is 16.4 Å². The maximum absolute atomic E-state index is 6.17. The van der Waals surface area contributed by atoms with Crippen LogP contribution in [0, 0.1) is 0 Å². The van der Waals surface area contributed by atoms with E-state index >= 15 is 0 Å². The van der Waals surface area contributed by atoms with E-state index in [9.17, 15) is 0 Å². The predicted molar refractivity (Wildman–Crippen MR) is 184 cm³/mol. The van der Waals surface area contributed by atoms with Crippen molar-refractivity contribution >= 4 is 81.3 Å². The summed E-state index contributed by atoms with van der Waals surface area (Å²) >= 11 is 1.85. The Labute approximate surface area is 252 Å². The number of hydrogen-bond donors (Lipinski definition) is 0. The molecule has 2 aromatic heterocycles. The monoisotopic (exact) mass is 567 g/mol. The number of furan rings is 1. The standard InChI is InChI=1S/C40H25NOS/c1-2-10-28(11-3-1)41(30-21-22-40-36(24-30)33-13-5-7-16-39(33)43-40)29-19-17-26(18-20-29)31-14-8-9-27-23-38-35(25-34(27)31)32-12-4-6-15-37(32)42-38/h1-25H. The van der Waals surface area contributed by atoms with Crippen LogP contribution in [-0.4, -0.2) is 0 Å². The lowest BCUT2D eigenvalue weighted by Crippen LogP contribution is -2.09. The molecule has 2 heterocycles. The third-order valence-electron chi connectivity index (χ3n) is 8.45. The van der Waals surface area contributed by atoms with E-state index in [0.29, 0.717) is 0 Å². The van der Waals surface area contributed by atoms with Crippen molar-refractivity contribution in [2.45, 2.75) is 0 Å². The largest absolute Gasteiger partial charge is 0.456 e. The van der Waals surface area contributed by atoms with Crippen LogP contribution in [0.15, 0.2) is 156 Å². The van der Waals surface area contributed by atoms with Gasteiger partial charge in [-0.1, -0.05) is 84.9 Å². The molecule has 0 aliphatic rings. The molecule has 0 bridgehead atoms. The molecule has 0 N–H and O–H groups in total. The van der Waals surface area contributed by atoms with Crippen molar-refractivity contribution in [1.82, 2.24) is 0 Å². The molecular formula is C40H25NOS. The molecule has 9 rings (SSSR count). The van der Waals surface area contributed by atoms with Crippen molar-refractivity contribution in [2.75, 3.05) is 4.90 Å². The number of hydrogen-bond acceptors (Lipinski definition) is 3. The van der Waals surface area contributed by atoms with Crippen LogP contribution in [0.1, 0.15) is 0 Å². The van der Waals surface area contributed by atoms with Crippen LogP contribution in [0.25, 0.3) is 64.0 Å². The molecule has 0 saturated heterocycles. The Morgan fingerprint density at radius 1 is 0.419 bits per heavy atom. The van der Waals surface area contributed by atoms with E-state index in [2.05, 4.69) is 144 Å². The predicted octanol–water partition coefficient (Wildman–Crippen LogP) is 12.2. The quantitative estimate of drug-likeness (QED) is 0.210. The second-order valence-corrected chi connectivity index (χ2v) is 12.1. The molecule has 2 nitrogen and oxygen atoms in total. The fourth-order valence-corrected chi connectivity index (χ4v) is 7.50. The number of nitrogens with zero attached hydrogens (tertiary/aromatic N) is 1. The Balaban J connectivity index is 1.18. The summed E-state index contributed by atoms with van der Waals surface area (Å²) in [5.41, 5.74) is 7.66. The summed E-state index contributed by atoms with van der Waals surface area (Å²) in [6.45, 7) is 0. The van der Waals surface area contributed by atoms with Crippen molar-refractivity contribution in [1.29, 1.82) is 0 Å². The van der Waals surface area contributed by atoms with Crippen LogP contribution in [-0.2, 0) is 0 Å². The molecule has 0 aliphatic heterocycles. The first kappa shape index (κ1) is 24.2. The Kier molecular flexibility index (Phi) is 5.40. The zero-order valence-electron chi connectivity index (χ0n) is 23.2. The van der Waals surface area contributed by atoms with Gasteiger partial charge in [0.2, 0.25) is 0 Å². The Bertz CT molecular complexity index is 2450. The molecule has 0 unspecified atom stereocenters. The fraction of sp³-hybridized carbons (Fsp3) is 0. The van der Waals surface area contributed by atoms with Gasteiger partial charge in [-0.2, -0.15) is 0 Å². The minimum Gasteiger partial charge on any atom is -0.456 e. The summed E-state index contributed by atoms with van der Waals surface area (Å²) in [5, 5.41) is 7.31. The van der Waals surface area contributed by atoms with Crippen LogP contribution < -0.4 is 4.90 Å². The van der Waals surface area contributed by atoms with E-state index in [1.165, 1.54) is 42.1 Å². The van der Waals surface area contributed by atoms with Gasteiger partial charge in [0.1, 0.15) is 11.2 Å². The summed E-state index contributed by atoms with van der Waals surface area (Å²) in [7, 11) is 0. The molecule has 202 valence electrons. The first-order valence-electron chi connectivity index (χ1n) is 14.5. The third kappa shape index (κ3) is 3.93. The summed E-state index contributed by atoms with van der Waals surface area (Å²) in [5.74, 6) is 0. The number of benzene rings is 7. The highest BCUT2D eigenvalue weighted by Gasteiger charge is 2.16. The highest BCUT2D eigenvalue weighted by atomic mass is 32.1. The van der Waals surface area contributed by atoms with Crippen molar-refractivity contribution in [3.8, 4) is 11.1 Å². The molecule has 0 amide bonds. The van der Waals surface area contributed by atoms with Crippen LogP contribution in [0.2, 0.25) is 0 Å². The lowest BCUT2D eigenvalue weighted by atomic mass is 9.96. The molecule has 3 heteroatoms. The van der Waals surface area contributed by atoms with Gasteiger partial charge < -0.3 is 9.32 Å². The van der Waals surface area contributed by atoms with Gasteiger partial charge in [0.25, 0.3) is 0 Å². The van der Waals surface area contributed by atoms with Gasteiger partial charge in [-0.25, -0.2) is 0 Å². The van der Waals surface area contributed by atoms with Crippen molar-refractivity contribution in [3.63, 3.8) is 0 Å². The van der Waals surface area contributed by atoms with E-state index in [1.807, 2.05) is 23.5 Å². The highest BCUT2D eigenvalue weighted by molar-refractivity contribution is 7.25. The average molecular weight is 568 g/mol. The molecule has 9 aromatic rings. The van der Waals surface area contributed by atoms with E-state index in [1.54, 1.807) is 0 Å². The number of fused-ring (bicyclic) bond motifs is 7. The molecule has 7 aromatic carbocycles. The summed E-state index contributed by atoms with van der Waals surface area (Å²) in [6, 6.07) is 54.4. The molecule has 0 atom stereocenters. The van der Waals surface area contributed by atoms with Gasteiger partial charge in [0.05, 0.1) is 0 Å².